The van der Waals surface area contributed by atoms with Gasteiger partial charge in [0.1, 0.15) is 11.6 Å². The van der Waals surface area contributed by atoms with Crippen LogP contribution >= 0.6 is 0 Å². The Kier molecular flexibility index (Phi) is 3.70. The van der Waals surface area contributed by atoms with Gasteiger partial charge in [0.2, 0.25) is 0 Å². The van der Waals surface area contributed by atoms with Crippen LogP contribution in [0.4, 0.5) is 8.78 Å². The van der Waals surface area contributed by atoms with E-state index in [0.29, 0.717) is 11.5 Å². The molecule has 2 rings (SSSR count). The first-order valence-corrected chi connectivity index (χ1v) is 5.97. The molecule has 0 saturated carbocycles. The van der Waals surface area contributed by atoms with E-state index in [2.05, 4.69) is 18.8 Å². The second-order valence-corrected chi connectivity index (χ2v) is 4.73. The van der Waals surface area contributed by atoms with Crippen LogP contribution in [0.15, 0.2) is 36.5 Å². The van der Waals surface area contributed by atoms with Gasteiger partial charge in [-0.15, -0.1) is 0 Å². The van der Waals surface area contributed by atoms with Crippen LogP contribution in [0.25, 0.3) is 11.1 Å². The zero-order valence-corrected chi connectivity index (χ0v) is 10.5. The van der Waals surface area contributed by atoms with Crippen molar-refractivity contribution in [3.8, 4) is 11.1 Å². The van der Waals surface area contributed by atoms with E-state index in [1.165, 1.54) is 24.4 Å². The van der Waals surface area contributed by atoms with Gasteiger partial charge in [0.05, 0.1) is 5.56 Å². The largest absolute Gasteiger partial charge is 0.261 e. The second kappa shape index (κ2) is 5.25. The van der Waals surface area contributed by atoms with Gasteiger partial charge in [-0.3, -0.25) is 4.98 Å². The Hall–Kier alpha value is -1.77. The summed E-state index contributed by atoms with van der Waals surface area (Å²) in [5.74, 6) is -0.615. The Balaban J connectivity index is 2.35. The summed E-state index contributed by atoms with van der Waals surface area (Å²) in [7, 11) is 0. The standard InChI is InChI=1S/C15H15F2N/c1-10(2)8-12-7-6-11(9-18-12)15-13(16)4-3-5-14(15)17/h3-7,9-10H,8H2,1-2H3. The minimum absolute atomic E-state index is 0.0129. The normalized spacial score (nSPS) is 10.9. The molecule has 0 saturated heterocycles. The van der Waals surface area contributed by atoms with Gasteiger partial charge in [0.25, 0.3) is 0 Å². The molecular weight excluding hydrogens is 232 g/mol. The molecule has 1 nitrogen and oxygen atoms in total. The summed E-state index contributed by atoms with van der Waals surface area (Å²) in [5.41, 5.74) is 1.39. The lowest BCUT2D eigenvalue weighted by Gasteiger charge is -2.07. The summed E-state index contributed by atoms with van der Waals surface area (Å²) in [4.78, 5) is 4.24. The van der Waals surface area contributed by atoms with E-state index in [9.17, 15) is 8.78 Å². The van der Waals surface area contributed by atoms with Crippen molar-refractivity contribution in [1.29, 1.82) is 0 Å². The van der Waals surface area contributed by atoms with Gasteiger partial charge in [0.15, 0.2) is 0 Å². The van der Waals surface area contributed by atoms with Crippen molar-refractivity contribution in [2.75, 3.05) is 0 Å². The summed E-state index contributed by atoms with van der Waals surface area (Å²) in [6.07, 6.45) is 2.39. The summed E-state index contributed by atoms with van der Waals surface area (Å²) in [5, 5.41) is 0. The van der Waals surface area contributed by atoms with Gasteiger partial charge < -0.3 is 0 Å². The van der Waals surface area contributed by atoms with Gasteiger partial charge in [-0.05, 0) is 30.5 Å². The van der Waals surface area contributed by atoms with Crippen molar-refractivity contribution in [2.45, 2.75) is 20.3 Å². The maximum Gasteiger partial charge on any atom is 0.134 e. The Bertz CT molecular complexity index is 512. The summed E-state index contributed by atoms with van der Waals surface area (Å²) in [6, 6.07) is 7.39. The van der Waals surface area contributed by atoms with Crippen LogP contribution in [-0.2, 0) is 6.42 Å². The molecule has 0 aliphatic rings. The maximum absolute atomic E-state index is 13.6. The molecule has 0 atom stereocenters. The molecule has 0 bridgehead atoms. The first kappa shape index (κ1) is 12.7. The van der Waals surface area contributed by atoms with E-state index < -0.39 is 11.6 Å². The van der Waals surface area contributed by atoms with Crippen LogP contribution in [0.2, 0.25) is 0 Å². The topological polar surface area (TPSA) is 12.9 Å². The van der Waals surface area contributed by atoms with E-state index in [4.69, 9.17) is 0 Å². The molecule has 1 heterocycles. The number of aromatic nitrogens is 1. The fraction of sp³-hybridized carbons (Fsp3) is 0.267. The van der Waals surface area contributed by atoms with Gasteiger partial charge in [0, 0.05) is 17.5 Å². The van der Waals surface area contributed by atoms with E-state index in [1.54, 1.807) is 6.07 Å². The molecule has 18 heavy (non-hydrogen) atoms. The molecular formula is C15H15F2N. The van der Waals surface area contributed by atoms with Crippen molar-refractivity contribution >= 4 is 0 Å². The SMILES string of the molecule is CC(C)Cc1ccc(-c2c(F)cccc2F)cn1. The molecule has 0 radical (unpaired) electrons. The molecule has 94 valence electrons. The molecule has 2 aromatic rings. The number of halogens is 2. The van der Waals surface area contributed by atoms with Gasteiger partial charge in [-0.2, -0.15) is 0 Å². The van der Waals surface area contributed by atoms with Crippen molar-refractivity contribution in [3.63, 3.8) is 0 Å². The predicted molar refractivity (Wildman–Crippen MR) is 68.1 cm³/mol. The van der Waals surface area contributed by atoms with Crippen LogP contribution < -0.4 is 0 Å². The van der Waals surface area contributed by atoms with Gasteiger partial charge in [-0.25, -0.2) is 8.78 Å². The van der Waals surface area contributed by atoms with E-state index in [-0.39, 0.29) is 5.56 Å². The number of nitrogens with zero attached hydrogens (tertiary/aromatic N) is 1. The molecule has 0 aliphatic carbocycles. The molecule has 1 aromatic carbocycles. The molecule has 0 spiro atoms. The zero-order chi connectivity index (χ0) is 13.1. The Morgan fingerprint density at radius 3 is 2.22 bits per heavy atom. The average molecular weight is 247 g/mol. The number of hydrogen-bond acceptors (Lipinski definition) is 1. The zero-order valence-electron chi connectivity index (χ0n) is 10.5. The molecule has 0 N–H and O–H groups in total. The molecule has 1 aromatic heterocycles. The first-order chi connectivity index (χ1) is 8.58. The van der Waals surface area contributed by atoms with E-state index in [1.807, 2.05) is 6.07 Å². The van der Waals surface area contributed by atoms with E-state index >= 15 is 0 Å². The number of hydrogen-bond donors (Lipinski definition) is 0. The summed E-state index contributed by atoms with van der Waals surface area (Å²) >= 11 is 0. The molecule has 0 aliphatic heterocycles. The summed E-state index contributed by atoms with van der Waals surface area (Å²) < 4.78 is 27.2. The third kappa shape index (κ3) is 2.73. The Labute approximate surface area is 105 Å². The molecule has 3 heteroatoms. The number of benzene rings is 1. The lowest BCUT2D eigenvalue weighted by molar-refractivity contribution is 0.589. The lowest BCUT2D eigenvalue weighted by Crippen LogP contribution is -1.97. The lowest BCUT2D eigenvalue weighted by atomic mass is 10.0. The molecule has 0 fully saturated rings. The van der Waals surface area contributed by atoms with Crippen LogP contribution in [0.1, 0.15) is 19.5 Å². The highest BCUT2D eigenvalue weighted by Crippen LogP contribution is 2.25. The molecule has 0 unspecified atom stereocenters. The Morgan fingerprint density at radius 2 is 1.72 bits per heavy atom. The predicted octanol–water partition coefficient (Wildman–Crippen LogP) is 4.23. The third-order valence-corrected chi connectivity index (χ3v) is 2.69. The fourth-order valence-electron chi connectivity index (χ4n) is 1.88. The van der Waals surface area contributed by atoms with Crippen LogP contribution in [-0.4, -0.2) is 4.98 Å². The van der Waals surface area contributed by atoms with Crippen LogP contribution in [0, 0.1) is 17.6 Å². The Morgan fingerprint density at radius 1 is 1.06 bits per heavy atom. The van der Waals surface area contributed by atoms with Gasteiger partial charge >= 0.3 is 0 Å². The highest BCUT2D eigenvalue weighted by molar-refractivity contribution is 5.63. The highest BCUT2D eigenvalue weighted by Gasteiger charge is 2.11. The fourth-order valence-corrected chi connectivity index (χ4v) is 1.88. The van der Waals surface area contributed by atoms with Crippen molar-refractivity contribution < 1.29 is 8.78 Å². The second-order valence-electron chi connectivity index (χ2n) is 4.73. The number of pyridine rings is 1. The van der Waals surface area contributed by atoms with Gasteiger partial charge in [-0.1, -0.05) is 26.0 Å². The minimum Gasteiger partial charge on any atom is -0.261 e. The van der Waals surface area contributed by atoms with Crippen molar-refractivity contribution in [2.24, 2.45) is 5.92 Å². The van der Waals surface area contributed by atoms with Crippen LogP contribution in [0.3, 0.4) is 0 Å². The average Bonchev–Trinajstić information content (AvgIpc) is 2.30. The highest BCUT2D eigenvalue weighted by atomic mass is 19.1. The molecule has 0 amide bonds. The maximum atomic E-state index is 13.6. The monoisotopic (exact) mass is 247 g/mol. The third-order valence-electron chi connectivity index (χ3n) is 2.69. The smallest absolute Gasteiger partial charge is 0.134 e. The van der Waals surface area contributed by atoms with Crippen molar-refractivity contribution in [1.82, 2.24) is 4.98 Å². The quantitative estimate of drug-likeness (QED) is 0.791. The summed E-state index contributed by atoms with van der Waals surface area (Å²) in [6.45, 7) is 4.21. The van der Waals surface area contributed by atoms with Crippen LogP contribution in [0.5, 0.6) is 0 Å². The number of rotatable bonds is 3. The minimum atomic E-state index is -0.562. The first-order valence-electron chi connectivity index (χ1n) is 5.97. The van der Waals surface area contributed by atoms with E-state index in [0.717, 1.165) is 12.1 Å². The van der Waals surface area contributed by atoms with Crippen molar-refractivity contribution in [3.05, 3.63) is 53.9 Å².